The Morgan fingerprint density at radius 3 is 2.63 bits per heavy atom. The Labute approximate surface area is 108 Å². The van der Waals surface area contributed by atoms with E-state index in [0.717, 1.165) is 5.56 Å². The molecule has 0 saturated carbocycles. The topological polar surface area (TPSA) is 70.2 Å². The van der Waals surface area contributed by atoms with Crippen LogP contribution in [0.1, 0.15) is 15.9 Å². The van der Waals surface area contributed by atoms with E-state index in [2.05, 4.69) is 4.98 Å². The van der Waals surface area contributed by atoms with Gasteiger partial charge in [0.2, 0.25) is 0 Å². The Hall–Kier alpha value is -2.62. The first-order valence-electron chi connectivity index (χ1n) is 5.87. The molecule has 2 N–H and O–H groups in total. The largest absolute Gasteiger partial charge is 0.478 e. The van der Waals surface area contributed by atoms with Gasteiger partial charge in [-0.2, -0.15) is 0 Å². The highest BCUT2D eigenvalue weighted by atomic mass is 16.4. The fourth-order valence-corrected chi connectivity index (χ4v) is 2.37. The van der Waals surface area contributed by atoms with Crippen molar-refractivity contribution in [3.8, 4) is 0 Å². The van der Waals surface area contributed by atoms with Crippen molar-refractivity contribution < 1.29 is 9.90 Å². The van der Waals surface area contributed by atoms with Crippen LogP contribution in [0, 0.1) is 6.92 Å². The van der Waals surface area contributed by atoms with Crippen molar-refractivity contribution in [2.45, 2.75) is 6.92 Å². The maximum Gasteiger partial charge on any atom is 0.337 e. The van der Waals surface area contributed by atoms with Crippen molar-refractivity contribution in [3.63, 3.8) is 0 Å². The van der Waals surface area contributed by atoms with Crippen LogP contribution in [-0.4, -0.2) is 16.1 Å². The van der Waals surface area contributed by atoms with E-state index in [1.165, 1.54) is 6.07 Å². The van der Waals surface area contributed by atoms with E-state index in [-0.39, 0.29) is 11.0 Å². The van der Waals surface area contributed by atoms with Gasteiger partial charge in [0.25, 0.3) is 0 Å². The van der Waals surface area contributed by atoms with Crippen LogP contribution in [0.25, 0.3) is 21.8 Å². The second kappa shape index (κ2) is 3.95. The molecule has 3 rings (SSSR count). The van der Waals surface area contributed by atoms with Gasteiger partial charge >= 0.3 is 5.97 Å². The molecule has 0 aliphatic rings. The fraction of sp³-hybridized carbons (Fsp3) is 0.0667. The third-order valence-electron chi connectivity index (χ3n) is 3.30. The Kier molecular flexibility index (Phi) is 2.38. The third kappa shape index (κ3) is 1.61. The average Bonchev–Trinajstić information content (AvgIpc) is 2.38. The van der Waals surface area contributed by atoms with E-state index in [9.17, 15) is 14.7 Å². The Balaban J connectivity index is 2.64. The van der Waals surface area contributed by atoms with Gasteiger partial charge in [-0.15, -0.1) is 0 Å². The van der Waals surface area contributed by atoms with Gasteiger partial charge in [-0.25, -0.2) is 4.79 Å². The summed E-state index contributed by atoms with van der Waals surface area (Å²) in [6, 6.07) is 10.3. The van der Waals surface area contributed by atoms with Crippen molar-refractivity contribution in [3.05, 3.63) is 57.7 Å². The minimum Gasteiger partial charge on any atom is -0.478 e. The molecule has 0 spiro atoms. The second-order valence-electron chi connectivity index (χ2n) is 4.48. The first-order valence-corrected chi connectivity index (χ1v) is 5.87. The number of carboxylic acid groups (broad SMARTS) is 1. The van der Waals surface area contributed by atoms with Gasteiger partial charge < -0.3 is 10.1 Å². The van der Waals surface area contributed by atoms with Gasteiger partial charge in [0.05, 0.1) is 11.1 Å². The zero-order valence-electron chi connectivity index (χ0n) is 10.2. The second-order valence-corrected chi connectivity index (χ2v) is 4.48. The molecule has 0 amide bonds. The summed E-state index contributed by atoms with van der Waals surface area (Å²) in [7, 11) is 0. The molecule has 0 unspecified atom stereocenters. The molecule has 1 heterocycles. The van der Waals surface area contributed by atoms with Gasteiger partial charge in [-0.1, -0.05) is 18.2 Å². The third-order valence-corrected chi connectivity index (χ3v) is 3.30. The lowest BCUT2D eigenvalue weighted by Gasteiger charge is -2.07. The molecule has 0 aliphatic carbocycles. The minimum absolute atomic E-state index is 0.114. The number of aromatic amines is 1. The number of nitrogens with one attached hydrogen (secondary N) is 1. The Bertz CT molecular complexity index is 878. The van der Waals surface area contributed by atoms with Crippen LogP contribution in [-0.2, 0) is 0 Å². The molecule has 3 aromatic rings. The molecule has 0 bridgehead atoms. The first-order chi connectivity index (χ1) is 9.09. The molecule has 0 fully saturated rings. The molecule has 0 saturated heterocycles. The van der Waals surface area contributed by atoms with Crippen LogP contribution in [0.15, 0.2) is 41.2 Å². The number of carbonyl (C=O) groups is 1. The maximum atomic E-state index is 12.5. The van der Waals surface area contributed by atoms with Crippen LogP contribution >= 0.6 is 0 Å². The van der Waals surface area contributed by atoms with E-state index < -0.39 is 5.97 Å². The van der Waals surface area contributed by atoms with E-state index in [0.29, 0.717) is 21.8 Å². The van der Waals surface area contributed by atoms with Gasteiger partial charge in [0, 0.05) is 16.3 Å². The number of aromatic carboxylic acids is 1. The fourth-order valence-electron chi connectivity index (χ4n) is 2.37. The van der Waals surface area contributed by atoms with Gasteiger partial charge in [-0.3, -0.25) is 4.79 Å². The summed E-state index contributed by atoms with van der Waals surface area (Å²) >= 11 is 0. The van der Waals surface area contributed by atoms with Crippen LogP contribution in [0.4, 0.5) is 0 Å². The molecule has 4 nitrogen and oxygen atoms in total. The number of rotatable bonds is 1. The van der Waals surface area contributed by atoms with Crippen molar-refractivity contribution in [2.24, 2.45) is 0 Å². The predicted molar refractivity (Wildman–Crippen MR) is 73.8 cm³/mol. The minimum atomic E-state index is -1.05. The lowest BCUT2D eigenvalue weighted by molar-refractivity contribution is 0.0699. The molecule has 4 heteroatoms. The molecule has 19 heavy (non-hydrogen) atoms. The number of para-hydroxylation sites is 1. The molecular weight excluding hydrogens is 242 g/mol. The summed E-state index contributed by atoms with van der Waals surface area (Å²) in [5.41, 5.74) is 1.78. The predicted octanol–water partition coefficient (Wildman–Crippen LogP) is 2.69. The molecule has 0 atom stereocenters. The Morgan fingerprint density at radius 2 is 1.89 bits per heavy atom. The summed E-state index contributed by atoms with van der Waals surface area (Å²) in [4.78, 5) is 26.8. The summed E-state index contributed by atoms with van der Waals surface area (Å²) in [6.45, 7) is 1.80. The molecule has 1 aromatic heterocycles. The summed E-state index contributed by atoms with van der Waals surface area (Å²) in [5.74, 6) is -1.05. The standard InChI is InChI=1S/C15H11NO3/c1-8-6-7-10(15(18)19)13-12(8)14(17)9-4-2-3-5-11(9)16-13/h2-7H,1H3,(H,16,17)(H,18,19). The number of carboxylic acids is 1. The van der Waals surface area contributed by atoms with Crippen LogP contribution in [0.3, 0.4) is 0 Å². The highest BCUT2D eigenvalue weighted by Crippen LogP contribution is 2.21. The number of benzene rings is 2. The molecule has 0 radical (unpaired) electrons. The van der Waals surface area contributed by atoms with E-state index in [1.54, 1.807) is 37.3 Å². The lowest BCUT2D eigenvalue weighted by atomic mass is 10.0. The Morgan fingerprint density at radius 1 is 1.16 bits per heavy atom. The summed E-state index contributed by atoms with van der Waals surface area (Å²) in [6.07, 6.45) is 0. The maximum absolute atomic E-state index is 12.5. The molecule has 94 valence electrons. The molecule has 2 aromatic carbocycles. The number of H-pyrrole nitrogens is 1. The monoisotopic (exact) mass is 253 g/mol. The average molecular weight is 253 g/mol. The summed E-state index contributed by atoms with van der Waals surface area (Å²) in [5, 5.41) is 10.2. The zero-order valence-corrected chi connectivity index (χ0v) is 10.2. The van der Waals surface area contributed by atoms with Crippen LogP contribution in [0.2, 0.25) is 0 Å². The normalized spacial score (nSPS) is 11.0. The quantitative estimate of drug-likeness (QED) is 0.655. The van der Waals surface area contributed by atoms with E-state index in [4.69, 9.17) is 0 Å². The highest BCUT2D eigenvalue weighted by molar-refractivity contribution is 6.05. The first kappa shape index (κ1) is 11.5. The lowest BCUT2D eigenvalue weighted by Crippen LogP contribution is -2.09. The number of fused-ring (bicyclic) bond motifs is 2. The van der Waals surface area contributed by atoms with Crippen molar-refractivity contribution in [2.75, 3.05) is 0 Å². The van der Waals surface area contributed by atoms with Gasteiger partial charge in [0.15, 0.2) is 5.43 Å². The van der Waals surface area contributed by atoms with Crippen molar-refractivity contribution in [1.82, 2.24) is 4.98 Å². The number of aryl methyl sites for hydroxylation is 1. The number of aromatic nitrogens is 1. The number of hydrogen-bond donors (Lipinski definition) is 2. The van der Waals surface area contributed by atoms with Crippen molar-refractivity contribution >= 4 is 27.8 Å². The van der Waals surface area contributed by atoms with E-state index >= 15 is 0 Å². The van der Waals surface area contributed by atoms with Crippen LogP contribution < -0.4 is 5.43 Å². The highest BCUT2D eigenvalue weighted by Gasteiger charge is 2.14. The summed E-state index contributed by atoms with van der Waals surface area (Å²) < 4.78 is 0. The zero-order chi connectivity index (χ0) is 13.6. The van der Waals surface area contributed by atoms with E-state index in [1.807, 2.05) is 0 Å². The molecule has 0 aliphatic heterocycles. The van der Waals surface area contributed by atoms with Crippen molar-refractivity contribution in [1.29, 1.82) is 0 Å². The molecular formula is C15H11NO3. The number of hydrogen-bond acceptors (Lipinski definition) is 2. The smallest absolute Gasteiger partial charge is 0.337 e. The number of pyridine rings is 1. The van der Waals surface area contributed by atoms with Gasteiger partial charge in [0.1, 0.15) is 0 Å². The van der Waals surface area contributed by atoms with Gasteiger partial charge in [-0.05, 0) is 30.7 Å². The SMILES string of the molecule is Cc1ccc(C(=O)O)c2[nH]c3ccccc3c(=O)c12. The van der Waals surface area contributed by atoms with Crippen LogP contribution in [0.5, 0.6) is 0 Å².